The lowest BCUT2D eigenvalue weighted by Gasteiger charge is -2.22. The van der Waals surface area contributed by atoms with Gasteiger partial charge in [-0.05, 0) is 53.3 Å². The molecule has 0 N–H and O–H groups in total. The van der Waals surface area contributed by atoms with Gasteiger partial charge in [0.1, 0.15) is 5.78 Å². The molecule has 18 heavy (non-hydrogen) atoms. The highest BCUT2D eigenvalue weighted by Crippen LogP contribution is 2.31. The smallest absolute Gasteiger partial charge is 0.146 e. The molecule has 1 aliphatic rings. The van der Waals surface area contributed by atoms with E-state index in [2.05, 4.69) is 16.4 Å². The van der Waals surface area contributed by atoms with Crippen molar-refractivity contribution < 1.29 is 4.79 Å². The lowest BCUT2D eigenvalue weighted by molar-refractivity contribution is -0.120. The number of hydrogen-bond donors (Lipinski definition) is 0. The minimum absolute atomic E-state index is 0.00912. The first-order chi connectivity index (χ1) is 8.84. The van der Waals surface area contributed by atoms with Crippen molar-refractivity contribution in [2.24, 2.45) is 0 Å². The lowest BCUT2D eigenvalue weighted by Crippen LogP contribution is -2.21. The Morgan fingerprint density at radius 1 is 1.44 bits per heavy atom. The predicted molar refractivity (Wildman–Crippen MR) is 72.9 cm³/mol. The van der Waals surface area contributed by atoms with Crippen LogP contribution in [0.15, 0.2) is 35.2 Å². The van der Waals surface area contributed by atoms with Crippen LogP contribution in [0.1, 0.15) is 35.6 Å². The summed E-state index contributed by atoms with van der Waals surface area (Å²) in [5.41, 5.74) is 3.41. The fraction of sp³-hybridized carbons (Fsp3) is 0.333. The van der Waals surface area contributed by atoms with Gasteiger partial charge in [0.05, 0.1) is 11.6 Å². The van der Waals surface area contributed by atoms with E-state index in [9.17, 15) is 4.79 Å². The van der Waals surface area contributed by atoms with Crippen LogP contribution in [0.4, 0.5) is 0 Å². The average Bonchev–Trinajstić information content (AvgIpc) is 2.91. The second kappa shape index (κ2) is 5.02. The second-order valence-electron chi connectivity index (χ2n) is 4.77. The van der Waals surface area contributed by atoms with Gasteiger partial charge in [-0.2, -0.15) is 11.3 Å². The fourth-order valence-corrected chi connectivity index (χ4v) is 3.31. The first-order valence-corrected chi connectivity index (χ1v) is 7.26. The Kier molecular flexibility index (Phi) is 3.24. The van der Waals surface area contributed by atoms with Crippen molar-refractivity contribution >= 4 is 17.1 Å². The maximum Gasteiger partial charge on any atom is 0.146 e. The number of ketones is 1. The highest BCUT2D eigenvalue weighted by atomic mass is 32.1. The number of rotatable bonds is 3. The van der Waals surface area contributed by atoms with Gasteiger partial charge in [-0.25, -0.2) is 0 Å². The van der Waals surface area contributed by atoms with Crippen LogP contribution >= 0.6 is 11.3 Å². The number of pyridine rings is 1. The number of fused-ring (bicyclic) bond motifs is 1. The molecule has 0 amide bonds. The number of aryl methyl sites for hydroxylation is 1. The third kappa shape index (κ3) is 2.23. The molecule has 2 aromatic heterocycles. The SMILES string of the molecule is O=C(Cc1ccsc1)C1CCCc2cccnc21. The van der Waals surface area contributed by atoms with Gasteiger partial charge < -0.3 is 0 Å². The van der Waals surface area contributed by atoms with E-state index in [0.29, 0.717) is 12.2 Å². The summed E-state index contributed by atoms with van der Waals surface area (Å²) in [5.74, 6) is 0.322. The quantitative estimate of drug-likeness (QED) is 0.843. The van der Waals surface area contributed by atoms with Gasteiger partial charge in [0.15, 0.2) is 0 Å². The van der Waals surface area contributed by atoms with E-state index in [4.69, 9.17) is 0 Å². The molecule has 1 atom stereocenters. The van der Waals surface area contributed by atoms with Gasteiger partial charge in [0, 0.05) is 12.6 Å². The van der Waals surface area contributed by atoms with Crippen molar-refractivity contribution in [1.29, 1.82) is 0 Å². The van der Waals surface area contributed by atoms with E-state index in [1.165, 1.54) is 5.56 Å². The number of aromatic nitrogens is 1. The zero-order valence-electron chi connectivity index (χ0n) is 10.1. The molecular weight excluding hydrogens is 242 g/mol. The van der Waals surface area contributed by atoms with Gasteiger partial charge >= 0.3 is 0 Å². The first-order valence-electron chi connectivity index (χ1n) is 6.32. The van der Waals surface area contributed by atoms with Crippen molar-refractivity contribution in [2.45, 2.75) is 31.6 Å². The van der Waals surface area contributed by atoms with Crippen LogP contribution < -0.4 is 0 Å². The number of thiophene rings is 1. The first kappa shape index (κ1) is 11.6. The van der Waals surface area contributed by atoms with Crippen LogP contribution in [0.2, 0.25) is 0 Å². The normalized spacial score (nSPS) is 18.3. The molecule has 0 aromatic carbocycles. The van der Waals surface area contributed by atoms with Gasteiger partial charge in [-0.3, -0.25) is 9.78 Å². The molecular formula is C15H15NOS. The Labute approximate surface area is 111 Å². The third-order valence-corrected chi connectivity index (χ3v) is 4.27. The van der Waals surface area contributed by atoms with Crippen LogP contribution in [0, 0.1) is 0 Å². The Morgan fingerprint density at radius 3 is 3.22 bits per heavy atom. The minimum atomic E-state index is 0.00912. The van der Waals surface area contributed by atoms with E-state index < -0.39 is 0 Å². The number of carbonyl (C=O) groups excluding carboxylic acids is 1. The molecule has 3 rings (SSSR count). The molecule has 2 heterocycles. The molecule has 92 valence electrons. The van der Waals surface area contributed by atoms with Crippen LogP contribution in [0.5, 0.6) is 0 Å². The zero-order chi connectivity index (χ0) is 12.4. The number of Topliss-reactive ketones (excluding diaryl/α,β-unsaturated/α-hetero) is 1. The van der Waals surface area contributed by atoms with Crippen molar-refractivity contribution in [1.82, 2.24) is 4.98 Å². The standard InChI is InChI=1S/C15H15NOS/c17-14(9-11-6-8-18-10-11)13-5-1-3-12-4-2-7-16-15(12)13/h2,4,6-8,10,13H,1,3,5,9H2. The lowest BCUT2D eigenvalue weighted by atomic mass is 9.82. The summed E-state index contributed by atoms with van der Waals surface area (Å²) in [7, 11) is 0. The van der Waals surface area contributed by atoms with Gasteiger partial charge in [-0.1, -0.05) is 6.07 Å². The van der Waals surface area contributed by atoms with Crippen molar-refractivity contribution in [3.63, 3.8) is 0 Å². The summed E-state index contributed by atoms with van der Waals surface area (Å²) < 4.78 is 0. The average molecular weight is 257 g/mol. The third-order valence-electron chi connectivity index (χ3n) is 3.54. The summed E-state index contributed by atoms with van der Waals surface area (Å²) >= 11 is 1.65. The number of nitrogens with zero attached hydrogens (tertiary/aromatic N) is 1. The molecule has 0 radical (unpaired) electrons. The van der Waals surface area contributed by atoms with Crippen LogP contribution in [0.3, 0.4) is 0 Å². The summed E-state index contributed by atoms with van der Waals surface area (Å²) in [5, 5.41) is 4.08. The number of hydrogen-bond acceptors (Lipinski definition) is 3. The Morgan fingerprint density at radius 2 is 2.39 bits per heavy atom. The number of carbonyl (C=O) groups is 1. The largest absolute Gasteiger partial charge is 0.299 e. The Hall–Kier alpha value is -1.48. The molecule has 2 aromatic rings. The Balaban J connectivity index is 1.83. The molecule has 0 saturated heterocycles. The molecule has 2 nitrogen and oxygen atoms in total. The summed E-state index contributed by atoms with van der Waals surface area (Å²) in [6, 6.07) is 6.10. The van der Waals surface area contributed by atoms with Gasteiger partial charge in [0.2, 0.25) is 0 Å². The molecule has 0 fully saturated rings. The molecule has 1 unspecified atom stereocenters. The topological polar surface area (TPSA) is 30.0 Å². The van der Waals surface area contributed by atoms with Crippen molar-refractivity contribution in [3.05, 3.63) is 52.0 Å². The fourth-order valence-electron chi connectivity index (χ4n) is 2.64. The summed E-state index contributed by atoms with van der Waals surface area (Å²) in [6.07, 6.45) is 5.45. The molecule has 0 bridgehead atoms. The van der Waals surface area contributed by atoms with Crippen molar-refractivity contribution in [2.75, 3.05) is 0 Å². The maximum absolute atomic E-state index is 12.4. The summed E-state index contributed by atoms with van der Waals surface area (Å²) in [6.45, 7) is 0. The van der Waals surface area contributed by atoms with Crippen molar-refractivity contribution in [3.8, 4) is 0 Å². The molecule has 0 spiro atoms. The predicted octanol–water partition coefficient (Wildman–Crippen LogP) is 3.37. The molecule has 0 aliphatic heterocycles. The van der Waals surface area contributed by atoms with Gasteiger partial charge in [0.25, 0.3) is 0 Å². The van der Waals surface area contributed by atoms with Crippen LogP contribution in [0.25, 0.3) is 0 Å². The molecule has 0 saturated carbocycles. The van der Waals surface area contributed by atoms with E-state index >= 15 is 0 Å². The van der Waals surface area contributed by atoms with Crippen LogP contribution in [-0.4, -0.2) is 10.8 Å². The maximum atomic E-state index is 12.4. The Bertz CT molecular complexity index is 547. The van der Waals surface area contributed by atoms with E-state index in [1.807, 2.05) is 17.5 Å². The van der Waals surface area contributed by atoms with E-state index in [1.54, 1.807) is 17.5 Å². The highest BCUT2D eigenvalue weighted by molar-refractivity contribution is 7.08. The second-order valence-corrected chi connectivity index (χ2v) is 5.55. The molecule has 1 aliphatic carbocycles. The highest BCUT2D eigenvalue weighted by Gasteiger charge is 2.27. The van der Waals surface area contributed by atoms with E-state index in [-0.39, 0.29) is 5.92 Å². The molecule has 3 heteroatoms. The monoisotopic (exact) mass is 257 g/mol. The zero-order valence-corrected chi connectivity index (χ0v) is 11.0. The minimum Gasteiger partial charge on any atom is -0.299 e. The van der Waals surface area contributed by atoms with Gasteiger partial charge in [-0.15, -0.1) is 0 Å². The summed E-state index contributed by atoms with van der Waals surface area (Å²) in [4.78, 5) is 16.8. The van der Waals surface area contributed by atoms with E-state index in [0.717, 1.165) is 30.5 Å². The van der Waals surface area contributed by atoms with Crippen LogP contribution in [-0.2, 0) is 17.6 Å².